The van der Waals surface area contributed by atoms with Crippen molar-refractivity contribution in [3.05, 3.63) is 100 Å². The molecule has 0 spiro atoms. The summed E-state index contributed by atoms with van der Waals surface area (Å²) in [5, 5.41) is 5.02. The average Bonchev–Trinajstić information content (AvgIpc) is 2.80. The number of nitrogens with zero attached hydrogens (tertiary/aromatic N) is 3. The Labute approximate surface area is 180 Å². The average molecular weight is 413 g/mol. The summed E-state index contributed by atoms with van der Waals surface area (Å²) in [6.45, 7) is 2.47. The highest BCUT2D eigenvalue weighted by Gasteiger charge is 2.11. The van der Waals surface area contributed by atoms with Gasteiger partial charge in [-0.1, -0.05) is 42.5 Å². The van der Waals surface area contributed by atoms with Gasteiger partial charge in [0, 0.05) is 6.42 Å². The first-order valence-electron chi connectivity index (χ1n) is 10.1. The molecule has 0 aliphatic heterocycles. The first kappa shape index (κ1) is 20.3. The van der Waals surface area contributed by atoms with Gasteiger partial charge in [-0.3, -0.25) is 4.79 Å². The number of aromatic nitrogens is 2. The second-order valence-electron chi connectivity index (χ2n) is 6.91. The number of hydrogen-bond donors (Lipinski definition) is 0. The molecule has 0 amide bonds. The van der Waals surface area contributed by atoms with Crippen molar-refractivity contribution in [1.29, 1.82) is 0 Å². The lowest BCUT2D eigenvalue weighted by Crippen LogP contribution is -2.22. The van der Waals surface area contributed by atoms with Crippen LogP contribution in [0.25, 0.3) is 10.9 Å². The van der Waals surface area contributed by atoms with Gasteiger partial charge in [-0.05, 0) is 48.4 Å². The maximum atomic E-state index is 13.2. The highest BCUT2D eigenvalue weighted by atomic mass is 16.5. The van der Waals surface area contributed by atoms with Crippen molar-refractivity contribution in [2.75, 3.05) is 13.7 Å². The van der Waals surface area contributed by atoms with Crippen molar-refractivity contribution in [2.45, 2.75) is 13.3 Å². The van der Waals surface area contributed by atoms with E-state index in [2.05, 4.69) is 5.10 Å². The fourth-order valence-corrected chi connectivity index (χ4v) is 3.35. The zero-order valence-corrected chi connectivity index (χ0v) is 17.5. The van der Waals surface area contributed by atoms with E-state index in [4.69, 9.17) is 14.5 Å². The number of para-hydroxylation sites is 1. The Morgan fingerprint density at radius 1 is 1.00 bits per heavy atom. The first-order valence-corrected chi connectivity index (χ1v) is 10.1. The summed E-state index contributed by atoms with van der Waals surface area (Å²) in [7, 11) is 1.59. The van der Waals surface area contributed by atoms with E-state index in [0.29, 0.717) is 41.3 Å². The molecule has 0 saturated heterocycles. The zero-order chi connectivity index (χ0) is 21.6. The molecule has 31 heavy (non-hydrogen) atoms. The summed E-state index contributed by atoms with van der Waals surface area (Å²) in [6.07, 6.45) is 2.12. The lowest BCUT2D eigenvalue weighted by molar-refractivity contribution is 0.311. The van der Waals surface area contributed by atoms with Crippen LogP contribution >= 0.6 is 0 Å². The number of methoxy groups -OCH3 is 1. The molecule has 1 aromatic heterocycles. The van der Waals surface area contributed by atoms with Crippen LogP contribution in [0.1, 0.15) is 23.9 Å². The van der Waals surface area contributed by atoms with Crippen molar-refractivity contribution >= 4 is 17.1 Å². The molecule has 0 unspecified atom stereocenters. The molecule has 0 N–H and O–H groups in total. The Morgan fingerprint density at radius 3 is 2.55 bits per heavy atom. The van der Waals surface area contributed by atoms with Gasteiger partial charge in [0.05, 0.1) is 30.8 Å². The van der Waals surface area contributed by atoms with E-state index < -0.39 is 0 Å². The maximum Gasteiger partial charge on any atom is 0.282 e. The largest absolute Gasteiger partial charge is 0.493 e. The van der Waals surface area contributed by atoms with Crippen LogP contribution in [-0.2, 0) is 6.42 Å². The monoisotopic (exact) mass is 413 g/mol. The van der Waals surface area contributed by atoms with Crippen molar-refractivity contribution in [3.8, 4) is 11.5 Å². The Kier molecular flexibility index (Phi) is 6.08. The van der Waals surface area contributed by atoms with Crippen LogP contribution in [0.2, 0.25) is 0 Å². The summed E-state index contributed by atoms with van der Waals surface area (Å²) < 4.78 is 12.3. The van der Waals surface area contributed by atoms with Crippen molar-refractivity contribution in [3.63, 3.8) is 0 Å². The quantitative estimate of drug-likeness (QED) is 0.424. The molecule has 4 rings (SSSR count). The molecule has 1 heterocycles. The predicted molar refractivity (Wildman–Crippen MR) is 122 cm³/mol. The zero-order valence-electron chi connectivity index (χ0n) is 17.5. The molecule has 6 heteroatoms. The van der Waals surface area contributed by atoms with Gasteiger partial charge >= 0.3 is 0 Å². The minimum absolute atomic E-state index is 0.203. The highest BCUT2D eigenvalue weighted by Crippen LogP contribution is 2.27. The minimum atomic E-state index is -0.203. The molecular weight excluding hydrogens is 390 g/mol. The van der Waals surface area contributed by atoms with Crippen LogP contribution in [0.5, 0.6) is 11.5 Å². The third kappa shape index (κ3) is 4.48. The lowest BCUT2D eigenvalue weighted by atomic mass is 10.1. The molecule has 4 aromatic rings. The summed E-state index contributed by atoms with van der Waals surface area (Å²) in [6, 6.07) is 22.7. The van der Waals surface area contributed by atoms with Gasteiger partial charge in [-0.2, -0.15) is 9.78 Å². The van der Waals surface area contributed by atoms with Crippen LogP contribution in [-0.4, -0.2) is 29.6 Å². The smallest absolute Gasteiger partial charge is 0.282 e. The Balaban J connectivity index is 1.78. The van der Waals surface area contributed by atoms with Crippen molar-refractivity contribution in [2.24, 2.45) is 5.10 Å². The Morgan fingerprint density at radius 2 is 1.77 bits per heavy atom. The fraction of sp³-hybridized carbons (Fsp3) is 0.160. The van der Waals surface area contributed by atoms with E-state index in [9.17, 15) is 4.79 Å². The van der Waals surface area contributed by atoms with Crippen LogP contribution in [0.15, 0.2) is 82.7 Å². The summed E-state index contributed by atoms with van der Waals surface area (Å²) in [5.41, 5.74) is 2.29. The second-order valence-corrected chi connectivity index (χ2v) is 6.91. The molecule has 0 saturated carbocycles. The number of fused-ring (bicyclic) bond motifs is 1. The van der Waals surface area contributed by atoms with Gasteiger partial charge in [-0.25, -0.2) is 4.98 Å². The van der Waals surface area contributed by atoms with E-state index in [1.54, 1.807) is 19.4 Å². The Hall–Kier alpha value is -3.93. The summed E-state index contributed by atoms with van der Waals surface area (Å²) >= 11 is 0. The highest BCUT2D eigenvalue weighted by molar-refractivity contribution is 5.81. The van der Waals surface area contributed by atoms with E-state index in [-0.39, 0.29) is 5.56 Å². The van der Waals surface area contributed by atoms with Crippen LogP contribution < -0.4 is 15.0 Å². The molecule has 156 valence electrons. The van der Waals surface area contributed by atoms with Gasteiger partial charge in [0.2, 0.25) is 0 Å². The van der Waals surface area contributed by atoms with Crippen LogP contribution in [0.4, 0.5) is 0 Å². The topological polar surface area (TPSA) is 65.7 Å². The molecule has 0 aliphatic carbocycles. The SMILES string of the molecule is CCOc1ccc(C=Nn2c(Cc3ccccc3)nc3ccccc3c2=O)cc1OC. The van der Waals surface area contributed by atoms with Gasteiger partial charge < -0.3 is 9.47 Å². The lowest BCUT2D eigenvalue weighted by Gasteiger charge is -2.11. The second kappa shape index (κ2) is 9.26. The number of ether oxygens (including phenoxy) is 2. The maximum absolute atomic E-state index is 13.2. The van der Waals surface area contributed by atoms with Crippen LogP contribution in [0.3, 0.4) is 0 Å². The molecule has 0 fully saturated rings. The van der Waals surface area contributed by atoms with Crippen LogP contribution in [0, 0.1) is 0 Å². The standard InChI is InChI=1S/C25H23N3O3/c1-3-31-22-14-13-19(15-23(22)30-2)17-26-28-24(16-18-9-5-4-6-10-18)27-21-12-8-7-11-20(21)25(28)29/h4-15,17H,3,16H2,1-2H3. The number of benzene rings is 3. The molecule has 0 aliphatic rings. The molecule has 0 bridgehead atoms. The van der Waals surface area contributed by atoms with Crippen molar-refractivity contribution < 1.29 is 9.47 Å². The predicted octanol–water partition coefficient (Wildman–Crippen LogP) is 4.28. The summed E-state index contributed by atoms with van der Waals surface area (Å²) in [4.78, 5) is 17.9. The first-order chi connectivity index (χ1) is 15.2. The van der Waals surface area contributed by atoms with Gasteiger partial charge in [-0.15, -0.1) is 0 Å². The summed E-state index contributed by atoms with van der Waals surface area (Å²) in [5.74, 6) is 1.85. The molecule has 0 radical (unpaired) electrons. The number of rotatable bonds is 7. The van der Waals surface area contributed by atoms with Gasteiger partial charge in [0.1, 0.15) is 5.82 Å². The third-order valence-corrected chi connectivity index (χ3v) is 4.84. The minimum Gasteiger partial charge on any atom is -0.493 e. The van der Waals surface area contributed by atoms with E-state index >= 15 is 0 Å². The van der Waals surface area contributed by atoms with E-state index in [1.165, 1.54) is 4.68 Å². The molecular formula is C25H23N3O3. The van der Waals surface area contributed by atoms with E-state index in [1.807, 2.05) is 73.7 Å². The van der Waals surface area contributed by atoms with Crippen molar-refractivity contribution in [1.82, 2.24) is 9.66 Å². The van der Waals surface area contributed by atoms with Gasteiger partial charge in [0.15, 0.2) is 11.5 Å². The molecule has 0 atom stereocenters. The molecule has 6 nitrogen and oxygen atoms in total. The van der Waals surface area contributed by atoms with E-state index in [0.717, 1.165) is 11.1 Å². The fourth-order valence-electron chi connectivity index (χ4n) is 3.35. The molecule has 3 aromatic carbocycles. The number of hydrogen-bond acceptors (Lipinski definition) is 5. The third-order valence-electron chi connectivity index (χ3n) is 4.84. The van der Waals surface area contributed by atoms with Gasteiger partial charge in [0.25, 0.3) is 5.56 Å². The Bertz CT molecular complexity index is 1280. The normalized spacial score (nSPS) is 11.2.